The van der Waals surface area contributed by atoms with Gasteiger partial charge in [0.25, 0.3) is 0 Å². The van der Waals surface area contributed by atoms with Gasteiger partial charge in [-0.1, -0.05) is 38.8 Å². The van der Waals surface area contributed by atoms with E-state index in [1.165, 1.54) is 7.11 Å². The van der Waals surface area contributed by atoms with Crippen molar-refractivity contribution in [2.75, 3.05) is 7.11 Å². The number of hydrogen-bond donors (Lipinski definition) is 0. The van der Waals surface area contributed by atoms with Crippen molar-refractivity contribution in [2.45, 2.75) is 48.7 Å². The largest absolute Gasteiger partial charge is 0.469 e. The summed E-state index contributed by atoms with van der Waals surface area (Å²) in [5, 5.41) is 0. The van der Waals surface area contributed by atoms with Gasteiger partial charge in [-0.3, -0.25) is 9.59 Å². The highest BCUT2D eigenvalue weighted by Crippen LogP contribution is 2.37. The molecule has 0 aromatic heterocycles. The molecule has 1 rings (SSSR count). The lowest BCUT2D eigenvalue weighted by Crippen LogP contribution is -2.25. The average molecular weight is 384 g/mol. The van der Waals surface area contributed by atoms with Crippen LogP contribution in [0.2, 0.25) is 0 Å². The molecule has 0 saturated heterocycles. The number of Topliss-reactive ketones (excluding diaryl/α,β-unsaturated/α-hetero) is 1. The van der Waals surface area contributed by atoms with Gasteiger partial charge in [-0.05, 0) is 25.2 Å². The van der Waals surface area contributed by atoms with E-state index in [9.17, 15) is 9.59 Å². The minimum Gasteiger partial charge on any atom is -0.469 e. The summed E-state index contributed by atoms with van der Waals surface area (Å²) in [6.45, 7) is 2.11. The summed E-state index contributed by atoms with van der Waals surface area (Å²) in [6.07, 6.45) is 3.59. The normalized spacial score (nSPS) is 27.0. The van der Waals surface area contributed by atoms with Crippen LogP contribution in [0.3, 0.4) is 0 Å². The second-order valence-electron chi connectivity index (χ2n) is 4.83. The maximum atomic E-state index is 11.9. The third-order valence-electron chi connectivity index (χ3n) is 3.66. The Bertz CT molecular complexity index is 307. The van der Waals surface area contributed by atoms with Gasteiger partial charge in [0.05, 0.1) is 7.11 Å². The van der Waals surface area contributed by atoms with Crippen LogP contribution >= 0.6 is 31.9 Å². The monoisotopic (exact) mass is 382 g/mol. The third kappa shape index (κ3) is 4.34. The number of methoxy groups -OCH3 is 1. The van der Waals surface area contributed by atoms with Crippen molar-refractivity contribution in [2.24, 2.45) is 11.8 Å². The zero-order chi connectivity index (χ0) is 13.7. The van der Waals surface area contributed by atoms with E-state index in [1.54, 1.807) is 0 Å². The maximum Gasteiger partial charge on any atom is 0.305 e. The Morgan fingerprint density at radius 2 is 2.11 bits per heavy atom. The Kier molecular flexibility index (Phi) is 6.85. The fourth-order valence-electron chi connectivity index (χ4n) is 2.49. The Balaban J connectivity index is 2.59. The molecular weight excluding hydrogens is 364 g/mol. The number of ketones is 1. The Morgan fingerprint density at radius 3 is 2.67 bits per heavy atom. The Morgan fingerprint density at radius 1 is 1.44 bits per heavy atom. The Labute approximate surface area is 125 Å². The molecule has 5 heteroatoms. The molecule has 0 bridgehead atoms. The fourth-order valence-corrected chi connectivity index (χ4v) is 3.48. The molecule has 0 amide bonds. The summed E-state index contributed by atoms with van der Waals surface area (Å²) >= 11 is 7.24. The molecular formula is C13H20Br2O3. The minimum atomic E-state index is -0.211. The number of carbonyl (C=O) groups is 2. The smallest absolute Gasteiger partial charge is 0.305 e. The van der Waals surface area contributed by atoms with E-state index in [-0.39, 0.29) is 22.6 Å². The first-order valence-electron chi connectivity index (χ1n) is 6.37. The standard InChI is InChI=1S/C13H20Br2O3/c1-3-10(14)11(15)7-9-8(4-5-12(9)16)6-13(17)18-2/h8-11H,3-7H2,1-2H3. The van der Waals surface area contributed by atoms with Gasteiger partial charge in [-0.25, -0.2) is 0 Å². The van der Waals surface area contributed by atoms with Crippen LogP contribution < -0.4 is 0 Å². The van der Waals surface area contributed by atoms with Gasteiger partial charge < -0.3 is 4.74 Å². The minimum absolute atomic E-state index is 0.0000694. The van der Waals surface area contributed by atoms with E-state index in [0.29, 0.717) is 23.5 Å². The van der Waals surface area contributed by atoms with Crippen LogP contribution in [0.5, 0.6) is 0 Å². The van der Waals surface area contributed by atoms with Crippen molar-refractivity contribution in [3.05, 3.63) is 0 Å². The first-order valence-corrected chi connectivity index (χ1v) is 8.20. The second kappa shape index (κ2) is 7.63. The highest BCUT2D eigenvalue weighted by molar-refractivity contribution is 9.12. The molecule has 1 aliphatic carbocycles. The molecule has 0 N–H and O–H groups in total. The van der Waals surface area contributed by atoms with Crippen molar-refractivity contribution in [3.63, 3.8) is 0 Å². The van der Waals surface area contributed by atoms with Crippen LogP contribution in [0.4, 0.5) is 0 Å². The van der Waals surface area contributed by atoms with E-state index < -0.39 is 0 Å². The number of rotatable bonds is 6. The lowest BCUT2D eigenvalue weighted by molar-refractivity contribution is -0.142. The van der Waals surface area contributed by atoms with Crippen LogP contribution in [0.1, 0.15) is 39.0 Å². The Hall–Kier alpha value is 0.1000. The molecule has 1 aliphatic rings. The number of halogens is 2. The molecule has 1 saturated carbocycles. The first-order chi connectivity index (χ1) is 8.49. The molecule has 0 spiro atoms. The molecule has 0 heterocycles. The van der Waals surface area contributed by atoms with E-state index in [1.807, 2.05) is 0 Å². The topological polar surface area (TPSA) is 43.4 Å². The molecule has 3 nitrogen and oxygen atoms in total. The van der Waals surface area contributed by atoms with Crippen molar-refractivity contribution in [1.29, 1.82) is 0 Å². The van der Waals surface area contributed by atoms with Gasteiger partial charge in [-0.2, -0.15) is 0 Å². The molecule has 0 aromatic carbocycles. The third-order valence-corrected chi connectivity index (χ3v) is 6.67. The van der Waals surface area contributed by atoms with Gasteiger partial charge in [0, 0.05) is 28.4 Å². The van der Waals surface area contributed by atoms with Crippen LogP contribution in [-0.4, -0.2) is 28.5 Å². The number of hydrogen-bond acceptors (Lipinski definition) is 3. The molecule has 4 atom stereocenters. The highest BCUT2D eigenvalue weighted by Gasteiger charge is 2.37. The lowest BCUT2D eigenvalue weighted by atomic mass is 9.88. The number of ether oxygens (including phenoxy) is 1. The van der Waals surface area contributed by atoms with Gasteiger partial charge >= 0.3 is 5.97 Å². The second-order valence-corrected chi connectivity index (χ2v) is 7.18. The molecule has 0 aliphatic heterocycles. The zero-order valence-corrected chi connectivity index (χ0v) is 14.0. The predicted octanol–water partition coefficient (Wildman–Crippen LogP) is 3.47. The number of esters is 1. The van der Waals surface area contributed by atoms with Gasteiger partial charge in [0.2, 0.25) is 0 Å². The SMILES string of the molecule is CCC(Br)C(Br)CC1C(=O)CCC1CC(=O)OC. The zero-order valence-electron chi connectivity index (χ0n) is 10.8. The van der Waals surface area contributed by atoms with Crippen molar-refractivity contribution in [1.82, 2.24) is 0 Å². The first kappa shape index (κ1) is 16.2. The van der Waals surface area contributed by atoms with Crippen LogP contribution in [0.15, 0.2) is 0 Å². The van der Waals surface area contributed by atoms with E-state index in [4.69, 9.17) is 4.74 Å². The summed E-state index contributed by atoms with van der Waals surface area (Å²) in [4.78, 5) is 23.9. The quantitative estimate of drug-likeness (QED) is 0.521. The summed E-state index contributed by atoms with van der Waals surface area (Å²) in [7, 11) is 1.40. The molecule has 1 fully saturated rings. The van der Waals surface area contributed by atoms with Crippen molar-refractivity contribution in [3.8, 4) is 0 Å². The summed E-state index contributed by atoms with van der Waals surface area (Å²) < 4.78 is 4.70. The maximum absolute atomic E-state index is 11.9. The van der Waals surface area contributed by atoms with Crippen LogP contribution in [0.25, 0.3) is 0 Å². The lowest BCUT2D eigenvalue weighted by Gasteiger charge is -2.22. The van der Waals surface area contributed by atoms with Gasteiger partial charge in [0.15, 0.2) is 0 Å². The van der Waals surface area contributed by atoms with Gasteiger partial charge in [0.1, 0.15) is 5.78 Å². The van der Waals surface area contributed by atoms with Gasteiger partial charge in [-0.15, -0.1) is 0 Å². The number of alkyl halides is 2. The summed E-state index contributed by atoms with van der Waals surface area (Å²) in [5.41, 5.74) is 0. The molecule has 18 heavy (non-hydrogen) atoms. The van der Waals surface area contributed by atoms with Crippen LogP contribution in [0, 0.1) is 11.8 Å². The van der Waals surface area contributed by atoms with E-state index in [0.717, 1.165) is 19.3 Å². The van der Waals surface area contributed by atoms with Crippen molar-refractivity contribution >= 4 is 43.6 Å². The fraction of sp³-hybridized carbons (Fsp3) is 0.846. The van der Waals surface area contributed by atoms with E-state index in [2.05, 4.69) is 38.8 Å². The highest BCUT2D eigenvalue weighted by atomic mass is 79.9. The van der Waals surface area contributed by atoms with Crippen molar-refractivity contribution < 1.29 is 14.3 Å². The van der Waals surface area contributed by atoms with E-state index >= 15 is 0 Å². The molecule has 104 valence electrons. The molecule has 0 radical (unpaired) electrons. The summed E-state index contributed by atoms with van der Waals surface area (Å²) in [5.74, 6) is 0.238. The summed E-state index contributed by atoms with van der Waals surface area (Å²) in [6, 6.07) is 0. The molecule has 0 aromatic rings. The number of carbonyl (C=O) groups excluding carboxylic acids is 2. The predicted molar refractivity (Wildman–Crippen MR) is 78.2 cm³/mol. The average Bonchev–Trinajstić information content (AvgIpc) is 2.70. The van der Waals surface area contributed by atoms with Crippen LogP contribution in [-0.2, 0) is 14.3 Å². The molecule has 4 unspecified atom stereocenters.